The van der Waals surface area contributed by atoms with Crippen LogP contribution in [0.2, 0.25) is 0 Å². The van der Waals surface area contributed by atoms with E-state index in [1.807, 2.05) is 0 Å². The third-order valence-electron chi connectivity index (χ3n) is 3.76. The standard InChI is InChI=1S/C13H23NO2/c1-2-6-14-7-8-16-13(10-14)12(15)9-11-4-3-5-11/h11,13H,2-10H2,1H3. The van der Waals surface area contributed by atoms with Gasteiger partial charge in [-0.05, 0) is 18.9 Å². The molecule has 0 aromatic carbocycles. The van der Waals surface area contributed by atoms with Crippen LogP contribution in [0.4, 0.5) is 0 Å². The summed E-state index contributed by atoms with van der Waals surface area (Å²) in [5.74, 6) is 1.00. The molecule has 1 aliphatic carbocycles. The molecule has 2 fully saturated rings. The Morgan fingerprint density at radius 1 is 1.44 bits per heavy atom. The van der Waals surface area contributed by atoms with Crippen LogP contribution >= 0.6 is 0 Å². The first-order valence-electron chi connectivity index (χ1n) is 6.66. The smallest absolute Gasteiger partial charge is 0.163 e. The highest BCUT2D eigenvalue weighted by atomic mass is 16.5. The Hall–Kier alpha value is -0.410. The maximum atomic E-state index is 12.0. The van der Waals surface area contributed by atoms with Crippen LogP contribution < -0.4 is 0 Å². The third-order valence-corrected chi connectivity index (χ3v) is 3.76. The fourth-order valence-corrected chi connectivity index (χ4v) is 2.53. The van der Waals surface area contributed by atoms with E-state index in [-0.39, 0.29) is 6.10 Å². The van der Waals surface area contributed by atoms with Crippen LogP contribution in [0.15, 0.2) is 0 Å². The summed E-state index contributed by atoms with van der Waals surface area (Å²) in [6.07, 6.45) is 5.58. The van der Waals surface area contributed by atoms with Gasteiger partial charge in [0, 0.05) is 19.5 Å². The van der Waals surface area contributed by atoms with Crippen LogP contribution in [-0.4, -0.2) is 43.0 Å². The molecule has 3 nitrogen and oxygen atoms in total. The molecule has 1 atom stereocenters. The van der Waals surface area contributed by atoms with E-state index < -0.39 is 0 Å². The first kappa shape index (κ1) is 12.1. The highest BCUT2D eigenvalue weighted by molar-refractivity contribution is 5.83. The molecule has 1 aliphatic heterocycles. The molecular weight excluding hydrogens is 202 g/mol. The lowest BCUT2D eigenvalue weighted by Crippen LogP contribution is -2.46. The van der Waals surface area contributed by atoms with Crippen LogP contribution in [0.5, 0.6) is 0 Å². The predicted octanol–water partition coefficient (Wildman–Crippen LogP) is 1.86. The molecule has 16 heavy (non-hydrogen) atoms. The van der Waals surface area contributed by atoms with Crippen LogP contribution in [0.3, 0.4) is 0 Å². The number of Topliss-reactive ketones (excluding diaryl/α,β-unsaturated/α-hetero) is 1. The van der Waals surface area contributed by atoms with E-state index in [1.54, 1.807) is 0 Å². The van der Waals surface area contributed by atoms with E-state index in [4.69, 9.17) is 4.74 Å². The highest BCUT2D eigenvalue weighted by Gasteiger charge is 2.29. The van der Waals surface area contributed by atoms with Gasteiger partial charge in [-0.1, -0.05) is 26.2 Å². The van der Waals surface area contributed by atoms with Gasteiger partial charge in [-0.3, -0.25) is 9.69 Å². The molecule has 2 rings (SSSR count). The molecule has 0 amide bonds. The van der Waals surface area contributed by atoms with Crippen molar-refractivity contribution in [3.63, 3.8) is 0 Å². The number of carbonyl (C=O) groups is 1. The summed E-state index contributed by atoms with van der Waals surface area (Å²) in [4.78, 5) is 14.4. The zero-order valence-corrected chi connectivity index (χ0v) is 10.3. The van der Waals surface area contributed by atoms with Gasteiger partial charge in [0.05, 0.1) is 6.61 Å². The van der Waals surface area contributed by atoms with E-state index in [0.717, 1.165) is 39.1 Å². The Labute approximate surface area is 98.1 Å². The quantitative estimate of drug-likeness (QED) is 0.715. The first-order valence-corrected chi connectivity index (χ1v) is 6.66. The molecular formula is C13H23NO2. The third kappa shape index (κ3) is 3.05. The monoisotopic (exact) mass is 225 g/mol. The van der Waals surface area contributed by atoms with Crippen molar-refractivity contribution in [3.05, 3.63) is 0 Å². The Kier molecular flexibility index (Phi) is 4.36. The van der Waals surface area contributed by atoms with Crippen LogP contribution in [-0.2, 0) is 9.53 Å². The van der Waals surface area contributed by atoms with Gasteiger partial charge in [0.15, 0.2) is 5.78 Å². The van der Waals surface area contributed by atoms with Crippen molar-refractivity contribution in [2.45, 2.75) is 45.1 Å². The van der Waals surface area contributed by atoms with Gasteiger partial charge >= 0.3 is 0 Å². The average Bonchev–Trinajstić information content (AvgIpc) is 2.24. The Morgan fingerprint density at radius 3 is 2.88 bits per heavy atom. The maximum absolute atomic E-state index is 12.0. The number of morpholine rings is 1. The van der Waals surface area contributed by atoms with Crippen molar-refractivity contribution >= 4 is 5.78 Å². The number of nitrogens with zero attached hydrogens (tertiary/aromatic N) is 1. The summed E-state index contributed by atoms with van der Waals surface area (Å²) in [6.45, 7) is 5.80. The summed E-state index contributed by atoms with van der Waals surface area (Å²) in [5, 5.41) is 0. The average molecular weight is 225 g/mol. The summed E-state index contributed by atoms with van der Waals surface area (Å²) in [5.41, 5.74) is 0. The minimum atomic E-state index is -0.138. The van der Waals surface area contributed by atoms with Crippen LogP contribution in [0.1, 0.15) is 39.0 Å². The van der Waals surface area contributed by atoms with Crippen molar-refractivity contribution < 1.29 is 9.53 Å². The zero-order chi connectivity index (χ0) is 11.4. The summed E-state index contributed by atoms with van der Waals surface area (Å²) in [7, 11) is 0. The lowest BCUT2D eigenvalue weighted by atomic mass is 9.81. The number of hydrogen-bond acceptors (Lipinski definition) is 3. The summed E-state index contributed by atoms with van der Waals surface area (Å²) < 4.78 is 5.59. The number of rotatable bonds is 5. The second kappa shape index (κ2) is 5.78. The molecule has 2 aliphatic rings. The predicted molar refractivity (Wildman–Crippen MR) is 63.4 cm³/mol. The molecule has 0 N–H and O–H groups in total. The number of hydrogen-bond donors (Lipinski definition) is 0. The van der Waals surface area contributed by atoms with Gasteiger partial charge in [0.1, 0.15) is 6.10 Å². The van der Waals surface area contributed by atoms with Gasteiger partial charge in [-0.15, -0.1) is 0 Å². The zero-order valence-electron chi connectivity index (χ0n) is 10.3. The number of ether oxygens (including phenoxy) is 1. The van der Waals surface area contributed by atoms with E-state index in [1.165, 1.54) is 19.3 Å². The topological polar surface area (TPSA) is 29.5 Å². The lowest BCUT2D eigenvalue weighted by molar-refractivity contribution is -0.137. The summed E-state index contributed by atoms with van der Waals surface area (Å²) >= 11 is 0. The van der Waals surface area contributed by atoms with E-state index >= 15 is 0 Å². The lowest BCUT2D eigenvalue weighted by Gasteiger charge is -2.33. The SMILES string of the molecule is CCCN1CCOC(C(=O)CC2CCC2)C1. The normalized spacial score (nSPS) is 27.7. The second-order valence-electron chi connectivity index (χ2n) is 5.13. The van der Waals surface area contributed by atoms with E-state index in [0.29, 0.717) is 11.7 Å². The molecule has 0 spiro atoms. The molecule has 1 saturated carbocycles. The van der Waals surface area contributed by atoms with E-state index in [9.17, 15) is 4.79 Å². The van der Waals surface area contributed by atoms with Crippen molar-refractivity contribution in [2.24, 2.45) is 5.92 Å². The fraction of sp³-hybridized carbons (Fsp3) is 0.923. The first-order chi connectivity index (χ1) is 7.79. The molecule has 1 saturated heterocycles. The molecule has 3 heteroatoms. The largest absolute Gasteiger partial charge is 0.368 e. The molecule has 1 heterocycles. The molecule has 0 bridgehead atoms. The Morgan fingerprint density at radius 2 is 2.25 bits per heavy atom. The van der Waals surface area contributed by atoms with Crippen molar-refractivity contribution in [2.75, 3.05) is 26.2 Å². The minimum absolute atomic E-state index is 0.138. The molecule has 92 valence electrons. The summed E-state index contributed by atoms with van der Waals surface area (Å²) in [6, 6.07) is 0. The van der Waals surface area contributed by atoms with Crippen LogP contribution in [0.25, 0.3) is 0 Å². The van der Waals surface area contributed by atoms with Crippen molar-refractivity contribution in [3.8, 4) is 0 Å². The van der Waals surface area contributed by atoms with Gasteiger partial charge in [-0.2, -0.15) is 0 Å². The van der Waals surface area contributed by atoms with Gasteiger partial charge < -0.3 is 4.74 Å². The van der Waals surface area contributed by atoms with Gasteiger partial charge in [0.2, 0.25) is 0 Å². The number of carbonyl (C=O) groups excluding carboxylic acids is 1. The van der Waals surface area contributed by atoms with Gasteiger partial charge in [-0.25, -0.2) is 0 Å². The van der Waals surface area contributed by atoms with Crippen molar-refractivity contribution in [1.82, 2.24) is 4.90 Å². The molecule has 0 aromatic heterocycles. The Balaban J connectivity index is 1.76. The molecule has 0 aromatic rings. The molecule has 1 unspecified atom stereocenters. The van der Waals surface area contributed by atoms with E-state index in [2.05, 4.69) is 11.8 Å². The number of ketones is 1. The van der Waals surface area contributed by atoms with Crippen LogP contribution in [0, 0.1) is 5.92 Å². The second-order valence-corrected chi connectivity index (χ2v) is 5.13. The fourth-order valence-electron chi connectivity index (χ4n) is 2.53. The minimum Gasteiger partial charge on any atom is -0.368 e. The van der Waals surface area contributed by atoms with Crippen molar-refractivity contribution in [1.29, 1.82) is 0 Å². The van der Waals surface area contributed by atoms with Gasteiger partial charge in [0.25, 0.3) is 0 Å². The highest BCUT2D eigenvalue weighted by Crippen LogP contribution is 2.30. The maximum Gasteiger partial charge on any atom is 0.163 e. The Bertz CT molecular complexity index is 236. The molecule has 0 radical (unpaired) electrons.